The third-order valence-corrected chi connectivity index (χ3v) is 8.80. The smallest absolute Gasteiger partial charge is 0.352 e. The van der Waals surface area contributed by atoms with E-state index in [4.69, 9.17) is 5.73 Å². The first kappa shape index (κ1) is 27.5. The minimum absolute atomic E-state index is 0.0358. The van der Waals surface area contributed by atoms with Crippen molar-refractivity contribution in [1.82, 2.24) is 29.3 Å². The predicted octanol–water partition coefficient (Wildman–Crippen LogP) is -0.384. The van der Waals surface area contributed by atoms with Gasteiger partial charge in [0.15, 0.2) is 5.13 Å². The Morgan fingerprint density at radius 2 is 2.27 bits per heavy atom. The molecule has 0 saturated carbocycles. The maximum atomic E-state index is 13.1. The van der Waals surface area contributed by atoms with Crippen molar-refractivity contribution >= 4 is 74.5 Å². The van der Waals surface area contributed by atoms with Gasteiger partial charge in [0.1, 0.15) is 42.1 Å². The fourth-order valence-electron chi connectivity index (χ4n) is 4.50. The number of anilines is 1. The van der Waals surface area contributed by atoms with E-state index in [0.29, 0.717) is 12.0 Å². The maximum Gasteiger partial charge on any atom is 0.352 e. The van der Waals surface area contributed by atoms with Gasteiger partial charge < -0.3 is 26.3 Å². The normalized spacial score (nSPS) is 19.7. The summed E-state index contributed by atoms with van der Waals surface area (Å²) in [5.74, 6) is -2.07. The molecule has 40 heavy (non-hydrogen) atoms. The number of fused-ring (bicyclic) bond motifs is 2. The molecular formula is C21H21FN9O6S3+. The molecule has 0 radical (unpaired) electrons. The molecule has 1 unspecified atom stereocenters. The van der Waals surface area contributed by atoms with Crippen molar-refractivity contribution in [3.8, 4) is 0 Å². The van der Waals surface area contributed by atoms with Crippen molar-refractivity contribution in [1.29, 1.82) is 0 Å². The van der Waals surface area contributed by atoms with E-state index in [-0.39, 0.29) is 35.0 Å². The van der Waals surface area contributed by atoms with Gasteiger partial charge in [-0.3, -0.25) is 19.3 Å². The van der Waals surface area contributed by atoms with Crippen LogP contribution in [0.25, 0.3) is 4.83 Å². The van der Waals surface area contributed by atoms with Gasteiger partial charge in [0.05, 0.1) is 0 Å². The number of carboxylic acids is 1. The fraction of sp³-hybridized carbons (Fsp3) is 0.333. The quantitative estimate of drug-likeness (QED) is 0.0730. The molecule has 2 aliphatic heterocycles. The number of thiazole rings is 1. The van der Waals surface area contributed by atoms with E-state index in [0.717, 1.165) is 27.1 Å². The molecule has 0 bridgehead atoms. The lowest BCUT2D eigenvalue weighted by atomic mass is 10.0. The number of carboxylic acid groups (broad SMARTS) is 1. The zero-order chi connectivity index (χ0) is 28.6. The lowest BCUT2D eigenvalue weighted by molar-refractivity contribution is -0.696. The fourth-order valence-corrected chi connectivity index (χ4v) is 7.04. The summed E-state index contributed by atoms with van der Waals surface area (Å²) in [4.78, 5) is 59.7. The first-order valence-electron chi connectivity index (χ1n) is 11.5. The van der Waals surface area contributed by atoms with Crippen LogP contribution in [-0.4, -0.2) is 77.7 Å². The molecule has 15 nitrogen and oxygen atoms in total. The molecule has 0 aliphatic carbocycles. The molecule has 1 fully saturated rings. The molecule has 1 saturated heterocycles. The van der Waals surface area contributed by atoms with Gasteiger partial charge in [-0.1, -0.05) is 16.5 Å². The van der Waals surface area contributed by atoms with Crippen LogP contribution in [0, 0.1) is 0 Å². The van der Waals surface area contributed by atoms with Crippen molar-refractivity contribution < 1.29 is 38.1 Å². The summed E-state index contributed by atoms with van der Waals surface area (Å²) in [7, 11) is 0. The molecular weight excluding hydrogens is 589 g/mol. The zero-order valence-corrected chi connectivity index (χ0v) is 23.0. The Balaban J connectivity index is 1.39. The average molecular weight is 611 g/mol. The van der Waals surface area contributed by atoms with Crippen molar-refractivity contribution in [2.75, 3.05) is 18.3 Å². The number of amides is 3. The number of rotatable bonds is 11. The second kappa shape index (κ2) is 11.2. The number of carbonyl (C=O) groups is 4. The highest BCUT2D eigenvalue weighted by Gasteiger charge is 2.54. The number of nitrogen functional groups attached to an aromatic ring is 1. The summed E-state index contributed by atoms with van der Waals surface area (Å²) in [5.41, 5.74) is 5.38. The summed E-state index contributed by atoms with van der Waals surface area (Å²) in [6, 6.07) is -1.46. The first-order chi connectivity index (χ1) is 19.2. The lowest BCUT2D eigenvalue weighted by Crippen LogP contribution is -2.71. The Labute approximate surface area is 236 Å². The second-order valence-electron chi connectivity index (χ2n) is 8.49. The van der Waals surface area contributed by atoms with Crippen LogP contribution in [0.3, 0.4) is 0 Å². The summed E-state index contributed by atoms with van der Waals surface area (Å²) in [5, 5.41) is 19.9. The molecule has 5 heterocycles. The van der Waals surface area contributed by atoms with E-state index in [1.54, 1.807) is 6.92 Å². The van der Waals surface area contributed by atoms with Gasteiger partial charge in [-0.2, -0.15) is 13.8 Å². The van der Waals surface area contributed by atoms with Gasteiger partial charge in [-0.15, -0.1) is 11.8 Å². The van der Waals surface area contributed by atoms with Gasteiger partial charge in [0, 0.05) is 28.2 Å². The number of alkyl halides is 1. The van der Waals surface area contributed by atoms with E-state index in [2.05, 4.69) is 30.0 Å². The van der Waals surface area contributed by atoms with Crippen molar-refractivity contribution in [2.24, 2.45) is 5.16 Å². The Bertz CT molecular complexity index is 1570. The molecule has 5 N–H and O–H groups in total. The molecule has 0 spiro atoms. The van der Waals surface area contributed by atoms with Crippen LogP contribution in [-0.2, 0) is 30.6 Å². The van der Waals surface area contributed by atoms with Crippen LogP contribution in [0.4, 0.5) is 9.52 Å². The Morgan fingerprint density at radius 3 is 2.95 bits per heavy atom. The molecule has 2 aliphatic rings. The standard InChI is InChI=1S/C21H20FN9O6S3/c1-9(24-8-32)17-29(5-11-30(17)2-3-38-11)4-10-6-39-19-13(18(34)31(19)14(10)20(35)36)25-16(33)12(27-37-7-22)15-26-21(23)40-28-15/h2-3,5,8-9,13,19H,4,6-7H2,1H3,(H4-,23,24,25,26,28,32,33,35,36)/p+1/b27-12+/t9-,13?,19-/m1/s1. The lowest BCUT2D eigenvalue weighted by Gasteiger charge is -2.49. The van der Waals surface area contributed by atoms with E-state index in [1.807, 2.05) is 26.7 Å². The number of carbonyl (C=O) groups excluding carboxylic acids is 3. The van der Waals surface area contributed by atoms with Gasteiger partial charge >= 0.3 is 5.97 Å². The minimum atomic E-state index is -1.32. The number of nitrogens with one attached hydrogen (secondary N) is 2. The molecule has 0 aromatic carbocycles. The number of aromatic nitrogens is 4. The van der Waals surface area contributed by atoms with Crippen LogP contribution >= 0.6 is 34.6 Å². The maximum absolute atomic E-state index is 13.1. The van der Waals surface area contributed by atoms with Gasteiger partial charge in [0.2, 0.25) is 22.8 Å². The van der Waals surface area contributed by atoms with Crippen LogP contribution in [0.1, 0.15) is 24.6 Å². The highest BCUT2D eigenvalue weighted by atomic mass is 32.2. The van der Waals surface area contributed by atoms with Crippen LogP contribution in [0.5, 0.6) is 0 Å². The number of imidazole rings is 1. The van der Waals surface area contributed by atoms with Crippen molar-refractivity contribution in [3.63, 3.8) is 0 Å². The highest BCUT2D eigenvalue weighted by molar-refractivity contribution is 8.00. The van der Waals surface area contributed by atoms with Crippen LogP contribution < -0.4 is 20.9 Å². The molecule has 210 valence electrons. The number of hydrogen-bond donors (Lipinski definition) is 4. The van der Waals surface area contributed by atoms with E-state index >= 15 is 0 Å². The number of nitrogens with zero attached hydrogens (tertiary/aromatic N) is 6. The highest BCUT2D eigenvalue weighted by Crippen LogP contribution is 2.40. The van der Waals surface area contributed by atoms with Crippen LogP contribution in [0.2, 0.25) is 0 Å². The largest absolute Gasteiger partial charge is 0.477 e. The van der Waals surface area contributed by atoms with Crippen molar-refractivity contribution in [2.45, 2.75) is 30.9 Å². The number of nitrogens with two attached hydrogens (primary N) is 1. The van der Waals surface area contributed by atoms with E-state index < -0.39 is 41.8 Å². The summed E-state index contributed by atoms with van der Waals surface area (Å²) in [6.07, 6.45) is 4.30. The number of oxime groups is 1. The number of thioether (sulfide) groups is 1. The minimum Gasteiger partial charge on any atom is -0.477 e. The molecule has 3 aromatic heterocycles. The number of β-lactam (4-membered cyclic amide) rings is 1. The predicted molar refractivity (Wildman–Crippen MR) is 141 cm³/mol. The summed E-state index contributed by atoms with van der Waals surface area (Å²) < 4.78 is 20.2. The van der Waals surface area contributed by atoms with Crippen LogP contribution in [0.15, 0.2) is 34.2 Å². The van der Waals surface area contributed by atoms with E-state index in [9.17, 15) is 28.7 Å². The van der Waals surface area contributed by atoms with Crippen molar-refractivity contribution in [3.05, 3.63) is 40.7 Å². The number of halogens is 1. The number of hydrogen-bond acceptors (Lipinski definition) is 12. The first-order valence-corrected chi connectivity index (χ1v) is 14.2. The van der Waals surface area contributed by atoms with Gasteiger partial charge in [-0.05, 0) is 6.92 Å². The van der Waals surface area contributed by atoms with Gasteiger partial charge in [-0.25, -0.2) is 13.8 Å². The molecule has 3 aromatic rings. The molecule has 19 heteroatoms. The third-order valence-electron chi connectivity index (χ3n) is 6.12. The summed E-state index contributed by atoms with van der Waals surface area (Å²) >= 11 is 3.54. The second-order valence-corrected chi connectivity index (χ2v) is 11.3. The Morgan fingerprint density at radius 1 is 1.48 bits per heavy atom. The SMILES string of the molecule is C[C@@H](NC=O)c1n2ccsc2c[n+]1CC1=C(C(=O)O)N2C(=O)C(NC(=O)/C(=N/OCF)c3nsc(N)n3)[C@H]2SC1. The average Bonchev–Trinajstić information content (AvgIpc) is 3.63. The summed E-state index contributed by atoms with van der Waals surface area (Å²) in [6.45, 7) is 0.648. The zero-order valence-electron chi connectivity index (χ0n) is 20.5. The monoisotopic (exact) mass is 610 g/mol. The molecule has 5 rings (SSSR count). The topological polar surface area (TPSA) is 197 Å². The van der Waals surface area contributed by atoms with Gasteiger partial charge in [0.25, 0.3) is 24.5 Å². The molecule has 3 atom stereocenters. The van der Waals surface area contributed by atoms with E-state index in [1.165, 1.54) is 23.1 Å². The molecule has 3 amide bonds. The number of aliphatic carboxylic acids is 1. The Kier molecular flexibility index (Phi) is 7.68. The third kappa shape index (κ3) is 4.86. The Hall–Kier alpha value is -4.10.